The van der Waals surface area contributed by atoms with Crippen molar-refractivity contribution in [3.05, 3.63) is 65.5 Å². The maximum absolute atomic E-state index is 12.6. The monoisotopic (exact) mass is 365 g/mol. The van der Waals surface area contributed by atoms with Crippen LogP contribution >= 0.6 is 0 Å². The van der Waals surface area contributed by atoms with Crippen LogP contribution in [0.3, 0.4) is 0 Å². The van der Waals surface area contributed by atoms with Crippen LogP contribution in [0.2, 0.25) is 0 Å². The molecule has 27 heavy (non-hydrogen) atoms. The van der Waals surface area contributed by atoms with Gasteiger partial charge in [0.25, 0.3) is 0 Å². The van der Waals surface area contributed by atoms with Gasteiger partial charge in [0.05, 0.1) is 6.04 Å². The Morgan fingerprint density at radius 2 is 1.78 bits per heavy atom. The van der Waals surface area contributed by atoms with Gasteiger partial charge < -0.3 is 10.2 Å². The first-order chi connectivity index (χ1) is 13.1. The van der Waals surface area contributed by atoms with Crippen molar-refractivity contribution in [1.82, 2.24) is 15.2 Å². The van der Waals surface area contributed by atoms with E-state index < -0.39 is 0 Å². The Hall–Kier alpha value is -2.69. The van der Waals surface area contributed by atoms with Gasteiger partial charge in [0, 0.05) is 38.3 Å². The van der Waals surface area contributed by atoms with Crippen LogP contribution in [-0.4, -0.2) is 34.8 Å². The van der Waals surface area contributed by atoms with Gasteiger partial charge in [-0.3, -0.25) is 14.6 Å². The van der Waals surface area contributed by atoms with Crippen LogP contribution in [0.4, 0.5) is 0 Å². The molecule has 0 unspecified atom stereocenters. The Morgan fingerprint density at radius 1 is 1.07 bits per heavy atom. The Balaban J connectivity index is 1.67. The van der Waals surface area contributed by atoms with Crippen molar-refractivity contribution in [2.75, 3.05) is 13.1 Å². The summed E-state index contributed by atoms with van der Waals surface area (Å²) in [7, 11) is 0. The fraction of sp³-hybridized carbons (Fsp3) is 0.409. The normalized spacial score (nSPS) is 15.9. The lowest BCUT2D eigenvalue weighted by Crippen LogP contribution is -2.36. The molecule has 1 N–H and O–H groups in total. The Bertz CT molecular complexity index is 759. The summed E-state index contributed by atoms with van der Waals surface area (Å²) in [6.45, 7) is 3.29. The summed E-state index contributed by atoms with van der Waals surface area (Å²) in [5.41, 5.74) is 3.21. The number of amides is 2. The number of nitrogens with zero attached hydrogens (tertiary/aromatic N) is 2. The lowest BCUT2D eigenvalue weighted by molar-refractivity contribution is -0.131. The largest absolute Gasteiger partial charge is 0.345 e. The van der Waals surface area contributed by atoms with Crippen LogP contribution in [0.15, 0.2) is 48.8 Å². The van der Waals surface area contributed by atoms with Crippen LogP contribution in [-0.2, 0) is 9.59 Å². The third kappa shape index (κ3) is 5.39. The first-order valence-corrected chi connectivity index (χ1v) is 9.67. The number of aryl methyl sites for hydroxylation is 1. The van der Waals surface area contributed by atoms with E-state index in [1.54, 1.807) is 12.4 Å². The molecule has 0 spiro atoms. The van der Waals surface area contributed by atoms with Crippen molar-refractivity contribution in [3.8, 4) is 0 Å². The molecule has 5 nitrogen and oxygen atoms in total. The van der Waals surface area contributed by atoms with Crippen molar-refractivity contribution < 1.29 is 9.59 Å². The maximum Gasteiger partial charge on any atom is 0.222 e. The van der Waals surface area contributed by atoms with Crippen molar-refractivity contribution in [2.45, 2.75) is 45.1 Å². The fourth-order valence-electron chi connectivity index (χ4n) is 3.42. The summed E-state index contributed by atoms with van der Waals surface area (Å²) in [6, 6.07) is 11.8. The fourth-order valence-corrected chi connectivity index (χ4v) is 3.42. The summed E-state index contributed by atoms with van der Waals surface area (Å²) < 4.78 is 0. The number of likely N-dealkylation sites (tertiary alicyclic amines) is 1. The summed E-state index contributed by atoms with van der Waals surface area (Å²) in [4.78, 5) is 30.7. The van der Waals surface area contributed by atoms with Crippen LogP contribution < -0.4 is 5.32 Å². The van der Waals surface area contributed by atoms with E-state index in [0.29, 0.717) is 19.4 Å². The molecule has 0 bridgehead atoms. The van der Waals surface area contributed by atoms with E-state index >= 15 is 0 Å². The van der Waals surface area contributed by atoms with Gasteiger partial charge in [-0.2, -0.15) is 0 Å². The molecule has 0 saturated carbocycles. The summed E-state index contributed by atoms with van der Waals surface area (Å²) in [5, 5.41) is 3.13. The number of hydrogen-bond acceptors (Lipinski definition) is 3. The molecule has 1 fully saturated rings. The number of carbonyl (C=O) groups is 2. The van der Waals surface area contributed by atoms with Gasteiger partial charge in [-0.05, 0) is 43.0 Å². The lowest BCUT2D eigenvalue weighted by atomic mass is 9.98. The van der Waals surface area contributed by atoms with Crippen molar-refractivity contribution in [2.24, 2.45) is 0 Å². The molecule has 2 heterocycles. The van der Waals surface area contributed by atoms with E-state index in [1.807, 2.05) is 48.2 Å². The van der Waals surface area contributed by atoms with Crippen LogP contribution in [0.25, 0.3) is 0 Å². The highest BCUT2D eigenvalue weighted by molar-refractivity contribution is 5.79. The van der Waals surface area contributed by atoms with Crippen molar-refractivity contribution in [3.63, 3.8) is 0 Å². The molecule has 3 rings (SSSR count). The highest BCUT2D eigenvalue weighted by Crippen LogP contribution is 2.22. The minimum Gasteiger partial charge on any atom is -0.345 e. The zero-order chi connectivity index (χ0) is 19.1. The lowest BCUT2D eigenvalue weighted by Gasteiger charge is -2.23. The number of benzene rings is 1. The second kappa shape index (κ2) is 9.31. The Kier molecular flexibility index (Phi) is 6.58. The molecule has 0 aliphatic carbocycles. The smallest absolute Gasteiger partial charge is 0.222 e. The molecule has 1 aromatic heterocycles. The second-order valence-electron chi connectivity index (χ2n) is 7.13. The molecular weight excluding hydrogens is 338 g/mol. The molecule has 0 radical (unpaired) electrons. The van der Waals surface area contributed by atoms with E-state index in [1.165, 1.54) is 5.56 Å². The number of nitrogens with one attached hydrogen (secondary N) is 1. The molecule has 1 aromatic carbocycles. The molecule has 5 heteroatoms. The second-order valence-corrected chi connectivity index (χ2v) is 7.13. The van der Waals surface area contributed by atoms with Crippen LogP contribution in [0.1, 0.15) is 54.8 Å². The summed E-state index contributed by atoms with van der Waals surface area (Å²) >= 11 is 0. The third-order valence-electron chi connectivity index (χ3n) is 5.04. The molecule has 2 aromatic rings. The summed E-state index contributed by atoms with van der Waals surface area (Å²) in [5.74, 6) is 0.124. The van der Waals surface area contributed by atoms with E-state index in [9.17, 15) is 9.59 Å². The van der Waals surface area contributed by atoms with Gasteiger partial charge in [-0.15, -0.1) is 0 Å². The molecule has 142 valence electrons. The van der Waals surface area contributed by atoms with Crippen LogP contribution in [0, 0.1) is 6.92 Å². The number of rotatable bonds is 6. The Morgan fingerprint density at radius 3 is 2.52 bits per heavy atom. The van der Waals surface area contributed by atoms with Gasteiger partial charge in [-0.1, -0.05) is 36.2 Å². The van der Waals surface area contributed by atoms with Gasteiger partial charge in [0.15, 0.2) is 0 Å². The van der Waals surface area contributed by atoms with Gasteiger partial charge in [-0.25, -0.2) is 0 Å². The predicted octanol–water partition coefficient (Wildman–Crippen LogP) is 3.39. The predicted molar refractivity (Wildman–Crippen MR) is 105 cm³/mol. The number of hydrogen-bond donors (Lipinski definition) is 1. The number of carbonyl (C=O) groups excluding carboxylic acids is 2. The molecule has 1 saturated heterocycles. The highest BCUT2D eigenvalue weighted by atomic mass is 16.2. The van der Waals surface area contributed by atoms with Crippen LogP contribution in [0.5, 0.6) is 0 Å². The third-order valence-corrected chi connectivity index (χ3v) is 5.04. The average Bonchev–Trinajstić information content (AvgIpc) is 2.90. The topological polar surface area (TPSA) is 62.3 Å². The van der Waals surface area contributed by atoms with Crippen molar-refractivity contribution in [1.29, 1.82) is 0 Å². The molecule has 2 amide bonds. The molecule has 1 atom stereocenters. The quantitative estimate of drug-likeness (QED) is 0.853. The Labute approximate surface area is 160 Å². The zero-order valence-electron chi connectivity index (χ0n) is 15.9. The van der Waals surface area contributed by atoms with Gasteiger partial charge in [0.2, 0.25) is 11.8 Å². The SMILES string of the molecule is Cc1ccc([C@H](NC(=O)CCN2CCCCCC2=O)c2ccncc2)cc1. The number of pyridine rings is 1. The molecule has 1 aliphatic heterocycles. The molecule has 1 aliphatic rings. The number of aromatic nitrogens is 1. The minimum atomic E-state index is -0.221. The van der Waals surface area contributed by atoms with Gasteiger partial charge in [0.1, 0.15) is 0 Å². The standard InChI is InChI=1S/C22H27N3O2/c1-17-6-8-18(9-7-17)22(19-10-13-23-14-11-19)24-20(26)12-16-25-15-4-2-3-5-21(25)27/h6-11,13-14,22H,2-5,12,15-16H2,1H3,(H,24,26)/t22-/m0/s1. The van der Waals surface area contributed by atoms with E-state index in [-0.39, 0.29) is 17.9 Å². The van der Waals surface area contributed by atoms with Gasteiger partial charge >= 0.3 is 0 Å². The van der Waals surface area contributed by atoms with Crippen molar-refractivity contribution >= 4 is 11.8 Å². The first kappa shape index (κ1) is 19.1. The van der Waals surface area contributed by atoms with E-state index in [0.717, 1.165) is 36.9 Å². The first-order valence-electron chi connectivity index (χ1n) is 9.67. The summed E-state index contributed by atoms with van der Waals surface area (Å²) in [6.07, 6.45) is 7.46. The van der Waals surface area contributed by atoms with E-state index in [4.69, 9.17) is 0 Å². The zero-order valence-corrected chi connectivity index (χ0v) is 15.9. The highest BCUT2D eigenvalue weighted by Gasteiger charge is 2.20. The minimum absolute atomic E-state index is 0.0468. The molecular formula is C22H27N3O2. The maximum atomic E-state index is 12.6. The average molecular weight is 365 g/mol. The van der Waals surface area contributed by atoms with E-state index in [2.05, 4.69) is 10.3 Å².